The molecule has 0 aliphatic heterocycles. The van der Waals surface area contributed by atoms with E-state index in [-0.39, 0.29) is 26.9 Å². The van der Waals surface area contributed by atoms with E-state index >= 15 is 0 Å². The van der Waals surface area contributed by atoms with Gasteiger partial charge >= 0.3 is 0 Å². The third-order valence-corrected chi connectivity index (χ3v) is 9.76. The van der Waals surface area contributed by atoms with Crippen LogP contribution in [0.25, 0.3) is 0 Å². The minimum Gasteiger partial charge on any atom is -0.508 e. The molecule has 0 saturated carbocycles. The lowest BCUT2D eigenvalue weighted by Gasteiger charge is -2.23. The van der Waals surface area contributed by atoms with Gasteiger partial charge in [-0.2, -0.15) is 16.8 Å². The van der Waals surface area contributed by atoms with Gasteiger partial charge in [0.2, 0.25) is 0 Å². The van der Waals surface area contributed by atoms with Crippen LogP contribution in [0, 0.1) is 13.8 Å². The van der Waals surface area contributed by atoms with Crippen molar-refractivity contribution in [3.63, 3.8) is 0 Å². The Morgan fingerprint density at radius 2 is 1.09 bits per heavy atom. The molecule has 0 fully saturated rings. The average Bonchev–Trinajstić information content (AvgIpc) is 2.97. The molecule has 0 aliphatic carbocycles. The highest BCUT2D eigenvalue weighted by atomic mass is 32.2. The van der Waals surface area contributed by atoms with Gasteiger partial charge < -0.3 is 10.2 Å². The monoisotopic (exact) mass is 644 g/mol. The quantitative estimate of drug-likeness (QED) is 0.104. The van der Waals surface area contributed by atoms with Gasteiger partial charge in [0, 0.05) is 17.0 Å². The van der Waals surface area contributed by atoms with Crippen molar-refractivity contribution in [1.82, 2.24) is 0 Å². The molecule has 0 heterocycles. The summed E-state index contributed by atoms with van der Waals surface area (Å²) in [6.07, 6.45) is 0.897. The van der Waals surface area contributed by atoms with Crippen molar-refractivity contribution in [2.24, 2.45) is 0 Å². The van der Waals surface area contributed by atoms with Crippen LogP contribution in [0.15, 0.2) is 113 Å². The highest BCUT2D eigenvalue weighted by Gasteiger charge is 2.29. The van der Waals surface area contributed by atoms with Crippen LogP contribution < -0.4 is 0 Å². The lowest BCUT2D eigenvalue weighted by atomic mass is 9.82. The van der Waals surface area contributed by atoms with Crippen LogP contribution in [0.2, 0.25) is 0 Å². The molecule has 0 saturated heterocycles. The first kappa shape index (κ1) is 31.9. The van der Waals surface area contributed by atoms with Crippen molar-refractivity contribution in [2.75, 3.05) is 0 Å². The molecule has 45 heavy (non-hydrogen) atoms. The van der Waals surface area contributed by atoms with Crippen LogP contribution in [0.1, 0.15) is 56.0 Å². The van der Waals surface area contributed by atoms with E-state index in [9.17, 15) is 36.2 Å². The van der Waals surface area contributed by atoms with Gasteiger partial charge in [-0.3, -0.25) is 9.11 Å². The molecule has 0 aromatic heterocycles. The summed E-state index contributed by atoms with van der Waals surface area (Å²) < 4.78 is 67.3. The first-order valence-electron chi connectivity index (χ1n) is 14.0. The van der Waals surface area contributed by atoms with Crippen molar-refractivity contribution >= 4 is 20.2 Å². The Labute approximate surface area is 262 Å². The number of benzene rings is 5. The molecule has 0 spiro atoms. The molecule has 0 radical (unpaired) electrons. The van der Waals surface area contributed by atoms with E-state index in [1.807, 2.05) is 37.3 Å². The zero-order valence-electron chi connectivity index (χ0n) is 24.5. The van der Waals surface area contributed by atoms with E-state index in [2.05, 4.69) is 0 Å². The fourth-order valence-corrected chi connectivity index (χ4v) is 6.92. The molecule has 4 N–H and O–H groups in total. The highest BCUT2D eigenvalue weighted by Crippen LogP contribution is 2.43. The fourth-order valence-electron chi connectivity index (χ4n) is 5.62. The molecule has 5 rings (SSSR count). The summed E-state index contributed by atoms with van der Waals surface area (Å²) in [5.74, 6) is -1.24. The minimum atomic E-state index is -4.67. The van der Waals surface area contributed by atoms with Gasteiger partial charge in [0.05, 0.1) is 9.79 Å². The lowest BCUT2D eigenvalue weighted by Crippen LogP contribution is -2.11. The molecule has 5 aromatic carbocycles. The summed E-state index contributed by atoms with van der Waals surface area (Å²) in [5.41, 5.74) is 5.91. The Kier molecular flexibility index (Phi) is 8.86. The SMILES string of the molecule is Cc1ccccc1Cc1ccc(C(c2ccc(Cc3ccc(S(=O)(=O)O)cc3C)cc2O)c2ccccc2S(=O)(=O)O)c(O)c1. The van der Waals surface area contributed by atoms with Crippen molar-refractivity contribution in [3.8, 4) is 11.5 Å². The average molecular weight is 645 g/mol. The van der Waals surface area contributed by atoms with Gasteiger partial charge in [0.15, 0.2) is 0 Å². The number of hydrogen-bond donors (Lipinski definition) is 4. The molecule has 232 valence electrons. The predicted octanol–water partition coefficient (Wildman–Crippen LogP) is 6.57. The molecular weight excluding hydrogens is 613 g/mol. The number of rotatable bonds is 9. The summed E-state index contributed by atoms with van der Waals surface area (Å²) in [4.78, 5) is -0.566. The standard InChI is InChI=1S/C35H32O8S2/c1-22-7-3-4-8-26(22)18-24-11-15-29(32(36)20-24)35(31-9-5-6-10-34(31)45(41,42)43)30-16-12-25(21-33(30)37)19-27-13-14-28(17-23(27)2)44(38,39)40/h3-17,20-21,35-37H,18-19H2,1-2H3,(H,38,39,40)(H,41,42,43). The zero-order valence-corrected chi connectivity index (χ0v) is 26.2. The minimum absolute atomic E-state index is 0.103. The van der Waals surface area contributed by atoms with Crippen molar-refractivity contribution < 1.29 is 36.2 Å². The third kappa shape index (κ3) is 7.10. The summed E-state index contributed by atoms with van der Waals surface area (Å²) in [5, 5.41) is 22.7. The molecule has 0 amide bonds. The Morgan fingerprint density at radius 1 is 0.556 bits per heavy atom. The Morgan fingerprint density at radius 3 is 1.60 bits per heavy atom. The summed E-state index contributed by atoms with van der Waals surface area (Å²) in [6, 6.07) is 28.1. The summed E-state index contributed by atoms with van der Waals surface area (Å²) in [6.45, 7) is 3.72. The molecule has 10 heteroatoms. The van der Waals surface area contributed by atoms with Crippen molar-refractivity contribution in [2.45, 2.75) is 42.4 Å². The topological polar surface area (TPSA) is 149 Å². The Bertz CT molecular complexity index is 2120. The number of phenols is 2. The van der Waals surface area contributed by atoms with Crippen LogP contribution in [-0.4, -0.2) is 36.2 Å². The van der Waals surface area contributed by atoms with Crippen molar-refractivity contribution in [3.05, 3.63) is 153 Å². The first-order valence-corrected chi connectivity index (χ1v) is 16.9. The van der Waals surface area contributed by atoms with Crippen LogP contribution >= 0.6 is 0 Å². The van der Waals surface area contributed by atoms with E-state index in [0.717, 1.165) is 22.3 Å². The maximum absolute atomic E-state index is 12.4. The predicted molar refractivity (Wildman–Crippen MR) is 171 cm³/mol. The number of aromatic hydroxyl groups is 2. The second-order valence-corrected chi connectivity index (χ2v) is 13.9. The molecule has 1 unspecified atom stereocenters. The van der Waals surface area contributed by atoms with E-state index in [1.54, 1.807) is 43.3 Å². The molecule has 1 atom stereocenters. The van der Waals surface area contributed by atoms with E-state index in [1.165, 1.54) is 36.4 Å². The largest absolute Gasteiger partial charge is 0.508 e. The third-order valence-electron chi connectivity index (χ3n) is 7.98. The van der Waals surface area contributed by atoms with E-state index < -0.39 is 26.2 Å². The van der Waals surface area contributed by atoms with Crippen molar-refractivity contribution in [1.29, 1.82) is 0 Å². The zero-order chi connectivity index (χ0) is 32.5. The molecule has 8 nitrogen and oxygen atoms in total. The summed E-state index contributed by atoms with van der Waals surface area (Å²) >= 11 is 0. The van der Waals surface area contributed by atoms with Crippen LogP contribution in [0.3, 0.4) is 0 Å². The fraction of sp³-hybridized carbons (Fsp3) is 0.143. The van der Waals surface area contributed by atoms with E-state index in [4.69, 9.17) is 0 Å². The van der Waals surface area contributed by atoms with Gasteiger partial charge in [-0.1, -0.05) is 72.8 Å². The van der Waals surface area contributed by atoms with Gasteiger partial charge in [0.1, 0.15) is 11.5 Å². The first-order chi connectivity index (χ1) is 21.2. The highest BCUT2D eigenvalue weighted by molar-refractivity contribution is 7.86. The van der Waals surface area contributed by atoms with E-state index in [0.29, 0.717) is 35.1 Å². The van der Waals surface area contributed by atoms with Gasteiger partial charge in [-0.25, -0.2) is 0 Å². The van der Waals surface area contributed by atoms with Gasteiger partial charge in [-0.05, 0) is 96.0 Å². The Balaban J connectivity index is 1.58. The van der Waals surface area contributed by atoms with Crippen LogP contribution in [0.5, 0.6) is 11.5 Å². The number of aryl methyl sites for hydroxylation is 2. The maximum Gasteiger partial charge on any atom is 0.294 e. The smallest absolute Gasteiger partial charge is 0.294 e. The second kappa shape index (κ2) is 12.5. The van der Waals surface area contributed by atoms with Gasteiger partial charge in [-0.15, -0.1) is 0 Å². The normalized spacial score (nSPS) is 12.6. The van der Waals surface area contributed by atoms with Crippen LogP contribution in [0.4, 0.5) is 0 Å². The number of hydrogen-bond acceptors (Lipinski definition) is 6. The molecule has 0 aliphatic rings. The second-order valence-electron chi connectivity index (χ2n) is 11.1. The number of phenolic OH excluding ortho intramolecular Hbond substituents is 2. The lowest BCUT2D eigenvalue weighted by molar-refractivity contribution is 0.456. The van der Waals surface area contributed by atoms with Gasteiger partial charge in [0.25, 0.3) is 20.2 Å². The maximum atomic E-state index is 12.4. The summed E-state index contributed by atoms with van der Waals surface area (Å²) in [7, 11) is -9.01. The Hall–Kier alpha value is -4.48. The van der Waals surface area contributed by atoms with Crippen LogP contribution in [-0.2, 0) is 33.1 Å². The molecule has 5 aromatic rings. The molecule has 0 bridgehead atoms. The molecular formula is C35H32O8S2.